The van der Waals surface area contributed by atoms with Crippen molar-refractivity contribution in [1.29, 1.82) is 0 Å². The Labute approximate surface area is 228 Å². The van der Waals surface area contributed by atoms with Crippen molar-refractivity contribution in [1.82, 2.24) is 0 Å². The van der Waals surface area contributed by atoms with E-state index in [1.807, 2.05) is 26.8 Å². The van der Waals surface area contributed by atoms with Crippen LogP contribution in [0.1, 0.15) is 60.3 Å². The van der Waals surface area contributed by atoms with Crippen molar-refractivity contribution in [2.75, 3.05) is 6.61 Å². The summed E-state index contributed by atoms with van der Waals surface area (Å²) in [5.41, 5.74) is -2.01. The van der Waals surface area contributed by atoms with Gasteiger partial charge in [-0.1, -0.05) is 32.4 Å². The zero-order valence-corrected chi connectivity index (χ0v) is 23.1. The van der Waals surface area contributed by atoms with Crippen LogP contribution in [0.3, 0.4) is 0 Å². The van der Waals surface area contributed by atoms with Crippen molar-refractivity contribution in [3.05, 3.63) is 11.6 Å². The zero-order valence-electron chi connectivity index (χ0n) is 23.1. The first-order valence-corrected chi connectivity index (χ1v) is 13.5. The fourth-order valence-corrected chi connectivity index (χ4v) is 6.53. The average Bonchev–Trinajstić information content (AvgIpc) is 2.81. The van der Waals surface area contributed by atoms with Crippen molar-refractivity contribution >= 4 is 11.9 Å². The molecule has 0 amide bonds. The van der Waals surface area contributed by atoms with Crippen LogP contribution < -0.4 is 0 Å². The summed E-state index contributed by atoms with van der Waals surface area (Å²) >= 11 is 0. The average molecular weight is 561 g/mol. The summed E-state index contributed by atoms with van der Waals surface area (Å²) in [6, 6.07) is 0. The van der Waals surface area contributed by atoms with Crippen LogP contribution in [0.25, 0.3) is 0 Å². The van der Waals surface area contributed by atoms with Gasteiger partial charge in [0.25, 0.3) is 0 Å². The van der Waals surface area contributed by atoms with Gasteiger partial charge in [-0.25, -0.2) is 0 Å². The molecule has 12 heteroatoms. The van der Waals surface area contributed by atoms with Gasteiger partial charge >= 0.3 is 11.9 Å². The van der Waals surface area contributed by atoms with Gasteiger partial charge in [-0.2, -0.15) is 0 Å². The summed E-state index contributed by atoms with van der Waals surface area (Å²) in [6.45, 7) is 8.20. The van der Waals surface area contributed by atoms with Gasteiger partial charge < -0.3 is 50.0 Å². The molecule has 1 heterocycles. The van der Waals surface area contributed by atoms with Gasteiger partial charge in [-0.3, -0.25) is 9.59 Å². The first-order chi connectivity index (χ1) is 18.0. The minimum absolute atomic E-state index is 0.0346. The van der Waals surface area contributed by atoms with Crippen LogP contribution in [-0.2, 0) is 23.8 Å². The summed E-state index contributed by atoms with van der Waals surface area (Å²) in [7, 11) is 0. The van der Waals surface area contributed by atoms with Crippen LogP contribution in [-0.4, -0.2) is 109 Å². The first-order valence-electron chi connectivity index (χ1n) is 13.5. The molecule has 0 aromatic rings. The van der Waals surface area contributed by atoms with Crippen molar-refractivity contribution in [2.24, 2.45) is 23.2 Å². The molecule has 2 aliphatic carbocycles. The Bertz CT molecular complexity index is 916. The third kappa shape index (κ3) is 6.48. The van der Waals surface area contributed by atoms with Crippen LogP contribution in [0.2, 0.25) is 0 Å². The van der Waals surface area contributed by atoms with E-state index in [0.717, 1.165) is 5.57 Å². The molecule has 0 spiro atoms. The second-order valence-electron chi connectivity index (χ2n) is 12.2. The van der Waals surface area contributed by atoms with Crippen LogP contribution in [0.5, 0.6) is 0 Å². The number of esters is 1. The highest BCUT2D eigenvalue weighted by Crippen LogP contribution is 2.56. The number of hydrogen-bond acceptors (Lipinski definition) is 11. The van der Waals surface area contributed by atoms with Crippen LogP contribution in [0, 0.1) is 23.2 Å². The summed E-state index contributed by atoms with van der Waals surface area (Å²) < 4.78 is 17.9. The molecule has 3 aliphatic rings. The minimum Gasteiger partial charge on any atom is -0.481 e. The number of ether oxygens (including phenoxy) is 3. The van der Waals surface area contributed by atoms with Gasteiger partial charge in [0.05, 0.1) is 37.3 Å². The highest BCUT2D eigenvalue weighted by molar-refractivity contribution is 5.74. The maximum atomic E-state index is 12.9. The third-order valence-electron chi connectivity index (χ3n) is 8.80. The Balaban J connectivity index is 1.94. The van der Waals surface area contributed by atoms with E-state index in [0.29, 0.717) is 6.42 Å². The summed E-state index contributed by atoms with van der Waals surface area (Å²) in [6.07, 6.45) is -8.48. The van der Waals surface area contributed by atoms with Gasteiger partial charge in [-0.05, 0) is 38.5 Å². The third-order valence-corrected chi connectivity index (χ3v) is 8.80. The van der Waals surface area contributed by atoms with Crippen molar-refractivity contribution < 1.29 is 59.5 Å². The predicted octanol–water partition coefficient (Wildman–Crippen LogP) is -0.292. The van der Waals surface area contributed by atoms with Crippen LogP contribution in [0.15, 0.2) is 11.6 Å². The highest BCUT2D eigenvalue weighted by Gasteiger charge is 2.61. The number of carboxylic acids is 1. The van der Waals surface area contributed by atoms with Gasteiger partial charge in [0.1, 0.15) is 30.5 Å². The molecule has 0 bridgehead atoms. The molecule has 224 valence electrons. The van der Waals surface area contributed by atoms with E-state index in [2.05, 4.69) is 0 Å². The molecule has 1 aliphatic heterocycles. The predicted molar refractivity (Wildman–Crippen MR) is 135 cm³/mol. The molecule has 12 nitrogen and oxygen atoms in total. The van der Waals surface area contributed by atoms with E-state index in [-0.39, 0.29) is 18.3 Å². The van der Waals surface area contributed by atoms with Gasteiger partial charge in [0, 0.05) is 11.3 Å². The molecule has 0 unspecified atom stereocenters. The smallest absolute Gasteiger partial charge is 0.309 e. The quantitative estimate of drug-likeness (QED) is 0.144. The Hall–Kier alpha value is -1.64. The molecule has 39 heavy (non-hydrogen) atoms. The van der Waals surface area contributed by atoms with E-state index in [1.165, 1.54) is 6.92 Å². The molecule has 1 saturated heterocycles. The van der Waals surface area contributed by atoms with E-state index >= 15 is 0 Å². The maximum Gasteiger partial charge on any atom is 0.309 e. The summed E-state index contributed by atoms with van der Waals surface area (Å²) in [5, 5.41) is 71.5. The van der Waals surface area contributed by atoms with E-state index in [4.69, 9.17) is 19.3 Å². The molecule has 0 radical (unpaired) electrons. The fourth-order valence-electron chi connectivity index (χ4n) is 6.53. The Kier molecular flexibility index (Phi) is 9.87. The summed E-state index contributed by atoms with van der Waals surface area (Å²) in [4.78, 5) is 24.0. The number of aliphatic hydroxyl groups is 6. The number of hydrogen-bond donors (Lipinski definition) is 7. The molecule has 12 atom stereocenters. The molecule has 3 rings (SSSR count). The number of carbonyl (C=O) groups is 2. The number of fused-ring (bicyclic) bond motifs is 1. The molecule has 7 N–H and O–H groups in total. The Morgan fingerprint density at radius 1 is 1.15 bits per heavy atom. The lowest BCUT2D eigenvalue weighted by molar-refractivity contribution is -0.330. The molecule has 2 fully saturated rings. The van der Waals surface area contributed by atoms with Crippen molar-refractivity contribution in [3.63, 3.8) is 0 Å². The number of aliphatic hydroxyl groups excluding tert-OH is 5. The zero-order chi connectivity index (χ0) is 29.4. The van der Waals surface area contributed by atoms with Crippen LogP contribution >= 0.6 is 0 Å². The maximum absolute atomic E-state index is 12.9. The standard InChI is InChI=1S/C27H44O12/c1-12(2)14-8-17(38-19(32)10-26(4,36)9-18(30)31)27(5)16(29)7-6-13(3)20(27)24(14)39-25-23(35)22(34)21(33)15(11-28)37-25/h6,12,14-17,20-25,28-29,33-36H,7-11H2,1-5H3,(H,30,31)/t14-,15+,16-,17-,20-,21+,22-,23+,24+,25-,26+,27-/m0/s1. The lowest BCUT2D eigenvalue weighted by atomic mass is 9.53. The first kappa shape index (κ1) is 31.9. The van der Waals surface area contributed by atoms with Crippen LogP contribution in [0.4, 0.5) is 0 Å². The Morgan fingerprint density at radius 3 is 2.36 bits per heavy atom. The number of carboxylic acid groups (broad SMARTS) is 1. The van der Waals surface area contributed by atoms with E-state index in [9.17, 15) is 40.2 Å². The fraction of sp³-hybridized carbons (Fsp3) is 0.852. The number of rotatable bonds is 9. The minimum atomic E-state index is -1.81. The highest BCUT2D eigenvalue weighted by atomic mass is 16.7. The van der Waals surface area contributed by atoms with Crippen molar-refractivity contribution in [2.45, 2.75) is 115 Å². The SMILES string of the molecule is CC1=CC[C@H](O)[C@@]2(C)[C@@H](OC(=O)C[C@](C)(O)CC(=O)O)C[C@@H](C(C)C)[C@@H](O[C@@H]3O[C@H](CO)[C@@H](O)[C@H](O)[C@H]3O)[C@H]12. The second-order valence-corrected chi connectivity index (χ2v) is 12.2. The molecule has 0 aromatic heterocycles. The molecule has 1 saturated carbocycles. The lowest BCUT2D eigenvalue weighted by Crippen LogP contribution is -2.65. The Morgan fingerprint density at radius 2 is 1.79 bits per heavy atom. The molecular weight excluding hydrogens is 516 g/mol. The van der Waals surface area contributed by atoms with Gasteiger partial charge in [-0.15, -0.1) is 0 Å². The van der Waals surface area contributed by atoms with E-state index in [1.54, 1.807) is 6.92 Å². The monoisotopic (exact) mass is 560 g/mol. The van der Waals surface area contributed by atoms with Gasteiger partial charge in [0.2, 0.25) is 0 Å². The number of aliphatic carboxylic acids is 1. The normalized spacial score (nSPS) is 42.3. The second kappa shape index (κ2) is 12.1. The lowest BCUT2D eigenvalue weighted by Gasteiger charge is -2.58. The van der Waals surface area contributed by atoms with Crippen molar-refractivity contribution in [3.8, 4) is 0 Å². The number of carbonyl (C=O) groups excluding carboxylic acids is 1. The molecular formula is C27H44O12. The van der Waals surface area contributed by atoms with E-state index < -0.39 is 97.3 Å². The topological polar surface area (TPSA) is 203 Å². The molecule has 0 aromatic carbocycles. The largest absolute Gasteiger partial charge is 0.481 e. The summed E-state index contributed by atoms with van der Waals surface area (Å²) in [5.74, 6) is -2.89. The van der Waals surface area contributed by atoms with Gasteiger partial charge in [0.15, 0.2) is 6.29 Å².